The maximum Gasteiger partial charge on any atom is 0.114 e. The Bertz CT molecular complexity index is 167. The molecule has 0 radical (unpaired) electrons. The van der Waals surface area contributed by atoms with Gasteiger partial charge >= 0.3 is 0 Å². The van der Waals surface area contributed by atoms with Crippen molar-refractivity contribution < 1.29 is 0 Å². The molecule has 56 valence electrons. The summed E-state index contributed by atoms with van der Waals surface area (Å²) in [7, 11) is 2.65. The molecule has 1 fully saturated rings. The molecule has 1 aliphatic heterocycles. The summed E-state index contributed by atoms with van der Waals surface area (Å²) in [6.07, 6.45) is 5.34. The minimum atomic E-state index is 0.598. The van der Waals surface area contributed by atoms with E-state index in [1.165, 1.54) is 25.7 Å². The van der Waals surface area contributed by atoms with Gasteiger partial charge in [0, 0.05) is 6.04 Å². The largest absolute Gasteiger partial charge is 0.366 e. The molecule has 3 unspecified atom stereocenters. The van der Waals surface area contributed by atoms with E-state index in [2.05, 4.69) is 19.5 Å². The SMILES string of the molecule is PC1=NC2CCCCC2N1. The van der Waals surface area contributed by atoms with Crippen LogP contribution in [0.25, 0.3) is 0 Å². The van der Waals surface area contributed by atoms with Gasteiger partial charge in [0.2, 0.25) is 0 Å². The third kappa shape index (κ3) is 1.05. The van der Waals surface area contributed by atoms with E-state index in [1.54, 1.807) is 0 Å². The maximum absolute atomic E-state index is 4.48. The predicted molar refractivity (Wildman–Crippen MR) is 46.3 cm³/mol. The minimum absolute atomic E-state index is 0.598. The van der Waals surface area contributed by atoms with Gasteiger partial charge < -0.3 is 5.32 Å². The van der Waals surface area contributed by atoms with Gasteiger partial charge in [-0.15, -0.1) is 0 Å². The summed E-state index contributed by atoms with van der Waals surface area (Å²) < 4.78 is 0. The van der Waals surface area contributed by atoms with Crippen LogP contribution in [-0.2, 0) is 0 Å². The van der Waals surface area contributed by atoms with E-state index in [9.17, 15) is 0 Å². The van der Waals surface area contributed by atoms with Crippen LogP contribution in [0.4, 0.5) is 0 Å². The first-order valence-electron chi connectivity index (χ1n) is 3.96. The van der Waals surface area contributed by atoms with Gasteiger partial charge in [0.15, 0.2) is 0 Å². The van der Waals surface area contributed by atoms with Gasteiger partial charge in [-0.25, -0.2) is 0 Å². The Morgan fingerprint density at radius 2 is 2.20 bits per heavy atom. The fraction of sp³-hybridized carbons (Fsp3) is 0.857. The van der Waals surface area contributed by atoms with Crippen LogP contribution < -0.4 is 5.32 Å². The van der Waals surface area contributed by atoms with Crippen molar-refractivity contribution in [2.24, 2.45) is 4.99 Å². The molecule has 2 aliphatic rings. The van der Waals surface area contributed by atoms with Crippen LogP contribution in [0, 0.1) is 0 Å². The lowest BCUT2D eigenvalue weighted by molar-refractivity contribution is 0.385. The molecule has 3 heteroatoms. The lowest BCUT2D eigenvalue weighted by Gasteiger charge is -2.22. The highest BCUT2D eigenvalue weighted by Crippen LogP contribution is 2.25. The topological polar surface area (TPSA) is 24.4 Å². The van der Waals surface area contributed by atoms with Crippen molar-refractivity contribution in [1.82, 2.24) is 5.32 Å². The Labute approximate surface area is 63.7 Å². The Hall–Kier alpha value is -0.100. The molecule has 0 amide bonds. The van der Waals surface area contributed by atoms with E-state index in [0.29, 0.717) is 12.1 Å². The van der Waals surface area contributed by atoms with Crippen molar-refractivity contribution in [2.75, 3.05) is 0 Å². The van der Waals surface area contributed by atoms with Crippen molar-refractivity contribution in [3.63, 3.8) is 0 Å². The molecule has 0 bridgehead atoms. The number of rotatable bonds is 0. The Balaban J connectivity index is 2.06. The highest BCUT2D eigenvalue weighted by atomic mass is 31.0. The number of aliphatic imine (C=N–C) groups is 1. The molecule has 2 rings (SSSR count). The second-order valence-electron chi connectivity index (χ2n) is 3.12. The highest BCUT2D eigenvalue weighted by molar-refractivity contribution is 7.40. The highest BCUT2D eigenvalue weighted by Gasteiger charge is 2.28. The Kier molecular flexibility index (Phi) is 1.65. The fourth-order valence-corrected chi connectivity index (χ4v) is 2.25. The van der Waals surface area contributed by atoms with E-state index in [-0.39, 0.29) is 0 Å². The second kappa shape index (κ2) is 2.50. The van der Waals surface area contributed by atoms with Crippen LogP contribution in [0.5, 0.6) is 0 Å². The fourth-order valence-electron chi connectivity index (χ4n) is 1.84. The number of fused-ring (bicyclic) bond motifs is 1. The van der Waals surface area contributed by atoms with E-state index in [0.717, 1.165) is 5.58 Å². The molecule has 0 saturated heterocycles. The van der Waals surface area contributed by atoms with Gasteiger partial charge in [-0.05, 0) is 12.8 Å². The first-order valence-corrected chi connectivity index (χ1v) is 4.54. The standard InChI is InChI=1S/C7H13N2P/c10-7-8-5-3-1-2-4-6(5)9-7/h5-6H,1-4,10H2,(H,8,9). The van der Waals surface area contributed by atoms with Crippen molar-refractivity contribution >= 4 is 14.8 Å². The van der Waals surface area contributed by atoms with Crippen LogP contribution >= 0.6 is 9.24 Å². The monoisotopic (exact) mass is 156 g/mol. The minimum Gasteiger partial charge on any atom is -0.366 e. The first kappa shape index (κ1) is 6.60. The lowest BCUT2D eigenvalue weighted by Crippen LogP contribution is -2.35. The predicted octanol–water partition coefficient (Wildman–Crippen LogP) is 1.13. The molecule has 0 spiro atoms. The van der Waals surface area contributed by atoms with Crippen molar-refractivity contribution in [2.45, 2.75) is 37.8 Å². The molecule has 0 aromatic rings. The average Bonchev–Trinajstić information content (AvgIpc) is 2.27. The number of nitrogens with one attached hydrogen (secondary N) is 1. The molecule has 0 aromatic heterocycles. The Morgan fingerprint density at radius 1 is 1.40 bits per heavy atom. The molecule has 1 saturated carbocycles. The quantitative estimate of drug-likeness (QED) is 0.522. The van der Waals surface area contributed by atoms with Crippen LogP contribution in [0.1, 0.15) is 25.7 Å². The van der Waals surface area contributed by atoms with E-state index >= 15 is 0 Å². The average molecular weight is 156 g/mol. The molecule has 3 atom stereocenters. The first-order chi connectivity index (χ1) is 4.86. The van der Waals surface area contributed by atoms with Gasteiger partial charge in [-0.3, -0.25) is 4.99 Å². The summed E-state index contributed by atoms with van der Waals surface area (Å²) in [5.41, 5.74) is 1.07. The van der Waals surface area contributed by atoms with Gasteiger partial charge in [0.25, 0.3) is 0 Å². The van der Waals surface area contributed by atoms with E-state index < -0.39 is 0 Å². The van der Waals surface area contributed by atoms with Crippen LogP contribution in [0.3, 0.4) is 0 Å². The molecular formula is C7H13N2P. The second-order valence-corrected chi connectivity index (χ2v) is 3.66. The van der Waals surface area contributed by atoms with Crippen molar-refractivity contribution in [1.29, 1.82) is 0 Å². The maximum atomic E-state index is 4.48. The molecule has 1 N–H and O–H groups in total. The number of amidine groups is 1. The summed E-state index contributed by atoms with van der Waals surface area (Å²) in [4.78, 5) is 4.48. The summed E-state index contributed by atoms with van der Waals surface area (Å²) >= 11 is 0. The number of hydrogen-bond acceptors (Lipinski definition) is 2. The Morgan fingerprint density at radius 3 is 3.00 bits per heavy atom. The molecule has 2 nitrogen and oxygen atoms in total. The zero-order valence-electron chi connectivity index (χ0n) is 6.01. The normalized spacial score (nSPS) is 38.3. The summed E-state index contributed by atoms with van der Waals surface area (Å²) in [6, 6.07) is 1.27. The van der Waals surface area contributed by atoms with Gasteiger partial charge in [-0.2, -0.15) is 0 Å². The number of nitrogens with zero attached hydrogens (tertiary/aromatic N) is 1. The summed E-state index contributed by atoms with van der Waals surface area (Å²) in [5, 5.41) is 3.37. The third-order valence-electron chi connectivity index (χ3n) is 2.37. The van der Waals surface area contributed by atoms with Crippen LogP contribution in [0.2, 0.25) is 0 Å². The van der Waals surface area contributed by atoms with Crippen LogP contribution in [0.15, 0.2) is 4.99 Å². The molecule has 1 heterocycles. The van der Waals surface area contributed by atoms with Crippen molar-refractivity contribution in [3.8, 4) is 0 Å². The van der Waals surface area contributed by atoms with Gasteiger partial charge in [0.05, 0.1) is 6.04 Å². The van der Waals surface area contributed by atoms with E-state index in [4.69, 9.17) is 0 Å². The molecule has 0 aromatic carbocycles. The lowest BCUT2D eigenvalue weighted by atomic mass is 9.92. The van der Waals surface area contributed by atoms with Crippen LogP contribution in [-0.4, -0.2) is 17.7 Å². The van der Waals surface area contributed by atoms with Gasteiger partial charge in [-0.1, -0.05) is 22.1 Å². The zero-order valence-corrected chi connectivity index (χ0v) is 7.16. The number of hydrogen-bond donors (Lipinski definition) is 1. The van der Waals surface area contributed by atoms with Gasteiger partial charge in [0.1, 0.15) is 5.58 Å². The third-order valence-corrected chi connectivity index (χ3v) is 2.68. The van der Waals surface area contributed by atoms with Crippen molar-refractivity contribution in [3.05, 3.63) is 0 Å². The van der Waals surface area contributed by atoms with E-state index in [1.807, 2.05) is 0 Å². The molecule has 1 aliphatic carbocycles. The zero-order chi connectivity index (χ0) is 6.97. The molecule has 10 heavy (non-hydrogen) atoms. The smallest absolute Gasteiger partial charge is 0.114 e. The summed E-state index contributed by atoms with van der Waals surface area (Å²) in [5.74, 6) is 0. The molecular weight excluding hydrogens is 143 g/mol. The summed E-state index contributed by atoms with van der Waals surface area (Å²) in [6.45, 7) is 0.